The van der Waals surface area contributed by atoms with Crippen molar-refractivity contribution in [3.63, 3.8) is 0 Å². The second kappa shape index (κ2) is 10.2. The number of pyridine rings is 1. The van der Waals surface area contributed by atoms with Crippen LogP contribution in [-0.4, -0.2) is 73.3 Å². The van der Waals surface area contributed by atoms with E-state index in [9.17, 15) is 19.1 Å². The number of allylic oxidation sites excluding steroid dienone is 1. The van der Waals surface area contributed by atoms with Gasteiger partial charge in [0, 0.05) is 37.9 Å². The number of aromatic nitrogens is 4. The fraction of sp³-hybridized carbons (Fsp3) is 0.393. The highest BCUT2D eigenvalue weighted by Crippen LogP contribution is 2.34. The smallest absolute Gasteiger partial charge is 0.420 e. The van der Waals surface area contributed by atoms with Gasteiger partial charge in [-0.05, 0) is 69.4 Å². The van der Waals surface area contributed by atoms with Crippen molar-refractivity contribution in [3.8, 4) is 5.88 Å². The molecule has 39 heavy (non-hydrogen) atoms. The fourth-order valence-corrected chi connectivity index (χ4v) is 4.94. The predicted molar refractivity (Wildman–Crippen MR) is 144 cm³/mol. The molecule has 0 fully saturated rings. The van der Waals surface area contributed by atoms with Crippen LogP contribution in [0.25, 0.3) is 22.2 Å². The molecule has 3 aromatic rings. The van der Waals surface area contributed by atoms with E-state index in [4.69, 9.17) is 4.74 Å². The minimum absolute atomic E-state index is 0.0465. The van der Waals surface area contributed by atoms with Crippen molar-refractivity contribution < 1.29 is 23.8 Å². The second-order valence-electron chi connectivity index (χ2n) is 10.7. The largest absolute Gasteiger partial charge is 0.493 e. The Labute approximate surface area is 225 Å². The van der Waals surface area contributed by atoms with Gasteiger partial charge in [0.2, 0.25) is 11.8 Å². The summed E-state index contributed by atoms with van der Waals surface area (Å²) in [5.41, 5.74) is 1.83. The van der Waals surface area contributed by atoms with Crippen LogP contribution in [0.1, 0.15) is 61.9 Å². The van der Waals surface area contributed by atoms with E-state index >= 15 is 0 Å². The van der Waals surface area contributed by atoms with Crippen LogP contribution >= 0.6 is 0 Å². The molecule has 0 saturated heterocycles. The van der Waals surface area contributed by atoms with Gasteiger partial charge in [-0.1, -0.05) is 12.2 Å². The molecule has 1 aliphatic heterocycles. The fourth-order valence-electron chi connectivity index (χ4n) is 4.94. The lowest BCUT2D eigenvalue weighted by Crippen LogP contribution is -2.36. The monoisotopic (exact) mass is 534 g/mol. The van der Waals surface area contributed by atoms with E-state index < -0.39 is 23.5 Å². The van der Waals surface area contributed by atoms with Crippen molar-refractivity contribution in [2.75, 3.05) is 20.1 Å². The lowest BCUT2D eigenvalue weighted by Gasteiger charge is -2.30. The van der Waals surface area contributed by atoms with E-state index in [0.717, 1.165) is 30.5 Å². The predicted octanol–water partition coefficient (Wildman–Crippen LogP) is 4.15. The standard InChI is InChI=1S/C28H31FN6O4/c1-28(2,3)39-27(38)35-14-11-20-24(35)32-23(33-25(20)36)17-5-6-18(15-17)34-12-9-16(10-13-34)19-7-8-21(26(37)30-4)31-22(19)29/h7-9,11,14-15,18H,5-6,10,12-13H2,1-4H3,(H,30,37)(H,32,33,36). The first kappa shape index (κ1) is 26.5. The Morgan fingerprint density at radius 2 is 1.92 bits per heavy atom. The highest BCUT2D eigenvalue weighted by molar-refractivity contribution is 5.92. The maximum Gasteiger partial charge on any atom is 0.420 e. The van der Waals surface area contributed by atoms with Crippen LogP contribution in [0.4, 0.5) is 9.18 Å². The second-order valence-corrected chi connectivity index (χ2v) is 10.7. The van der Waals surface area contributed by atoms with Gasteiger partial charge in [-0.2, -0.15) is 9.37 Å². The number of rotatable bonds is 4. The Balaban J connectivity index is 1.33. The van der Waals surface area contributed by atoms with Gasteiger partial charge in [0.15, 0.2) is 11.5 Å². The molecular formula is C28H31FN6O4. The number of halogens is 1. The first-order valence-electron chi connectivity index (χ1n) is 12.9. The van der Waals surface area contributed by atoms with Gasteiger partial charge in [-0.25, -0.2) is 19.3 Å². The van der Waals surface area contributed by atoms with Crippen LogP contribution in [0, 0.1) is 5.95 Å². The van der Waals surface area contributed by atoms with Crippen molar-refractivity contribution in [2.24, 2.45) is 0 Å². The average Bonchev–Trinajstić information content (AvgIpc) is 3.55. The number of fused-ring (bicyclic) bond motifs is 1. The molecule has 2 N–H and O–H groups in total. The van der Waals surface area contributed by atoms with E-state index in [2.05, 4.69) is 31.2 Å². The normalized spacial score (nSPS) is 18.1. The highest BCUT2D eigenvalue weighted by Gasteiger charge is 2.28. The van der Waals surface area contributed by atoms with Crippen LogP contribution in [-0.2, 0) is 4.74 Å². The molecule has 2 aliphatic rings. The van der Waals surface area contributed by atoms with E-state index in [1.807, 2.05) is 6.08 Å². The minimum atomic E-state index is -0.674. The number of nitrogens with one attached hydrogen (secondary N) is 1. The van der Waals surface area contributed by atoms with E-state index in [-0.39, 0.29) is 17.6 Å². The zero-order valence-electron chi connectivity index (χ0n) is 22.4. The van der Waals surface area contributed by atoms with E-state index in [1.165, 1.54) is 23.9 Å². The topological polar surface area (TPSA) is 122 Å². The number of carbonyl (C=O) groups excluding carboxylic acids is 2. The molecule has 204 valence electrons. The summed E-state index contributed by atoms with van der Waals surface area (Å²) < 4.78 is 21.4. The van der Waals surface area contributed by atoms with Crippen LogP contribution in [0.5, 0.6) is 5.88 Å². The van der Waals surface area contributed by atoms with Crippen LogP contribution in [0.2, 0.25) is 0 Å². The molecule has 0 spiro atoms. The summed E-state index contributed by atoms with van der Waals surface area (Å²) in [7, 11) is 1.48. The third kappa shape index (κ3) is 5.40. The summed E-state index contributed by atoms with van der Waals surface area (Å²) in [6.07, 6.45) is 7.25. The molecule has 5 rings (SSSR count). The van der Waals surface area contributed by atoms with Gasteiger partial charge in [-0.15, -0.1) is 0 Å². The summed E-state index contributed by atoms with van der Waals surface area (Å²) in [5, 5.41) is 13.4. The van der Waals surface area contributed by atoms with Gasteiger partial charge < -0.3 is 15.2 Å². The molecular weight excluding hydrogens is 503 g/mol. The number of hydrogen-bond acceptors (Lipinski definition) is 8. The molecule has 3 aromatic heterocycles. The summed E-state index contributed by atoms with van der Waals surface area (Å²) in [5.74, 6) is -0.890. The van der Waals surface area contributed by atoms with Crippen molar-refractivity contribution >= 4 is 34.2 Å². The molecule has 1 atom stereocenters. The number of ether oxygens (including phenoxy) is 1. The Hall–Kier alpha value is -4.12. The summed E-state index contributed by atoms with van der Waals surface area (Å²) >= 11 is 0. The van der Waals surface area contributed by atoms with Gasteiger partial charge in [-0.3, -0.25) is 9.69 Å². The first-order chi connectivity index (χ1) is 18.5. The van der Waals surface area contributed by atoms with Gasteiger partial charge in [0.05, 0.1) is 5.39 Å². The summed E-state index contributed by atoms with van der Waals surface area (Å²) in [6, 6.07) is 4.86. The lowest BCUT2D eigenvalue weighted by molar-refractivity contribution is 0.0543. The number of hydrogen-bond donors (Lipinski definition) is 2. The quantitative estimate of drug-likeness (QED) is 0.479. The maximum atomic E-state index is 14.6. The van der Waals surface area contributed by atoms with Crippen molar-refractivity contribution in [1.82, 2.24) is 29.7 Å². The van der Waals surface area contributed by atoms with Gasteiger partial charge in [0.25, 0.3) is 5.91 Å². The molecule has 0 bridgehead atoms. The maximum absolute atomic E-state index is 14.6. The third-order valence-electron chi connectivity index (χ3n) is 6.87. The average molecular weight is 535 g/mol. The summed E-state index contributed by atoms with van der Waals surface area (Å²) in [6.45, 7) is 6.71. The molecule has 1 amide bonds. The van der Waals surface area contributed by atoms with Crippen molar-refractivity contribution in [2.45, 2.75) is 51.7 Å². The molecule has 0 radical (unpaired) electrons. The zero-order valence-corrected chi connectivity index (χ0v) is 22.4. The van der Waals surface area contributed by atoms with Gasteiger partial charge in [0.1, 0.15) is 11.3 Å². The Morgan fingerprint density at radius 3 is 2.59 bits per heavy atom. The Bertz CT molecular complexity index is 1520. The highest BCUT2D eigenvalue weighted by atomic mass is 19.1. The third-order valence-corrected chi connectivity index (χ3v) is 6.87. The number of nitrogens with zero attached hydrogens (tertiary/aromatic N) is 5. The molecule has 0 saturated carbocycles. The Kier molecular flexibility index (Phi) is 6.94. The SMILES string of the molecule is CNC(=O)c1ccc(C2=CCN(C3C=C(c4nc(O)c5ccn(C(=O)OC(C)(C)C)c5n4)CC3)CC2)c(F)n1. The number of aromatic hydroxyl groups is 1. The molecule has 4 heterocycles. The van der Waals surface area contributed by atoms with E-state index in [0.29, 0.717) is 35.4 Å². The van der Waals surface area contributed by atoms with Gasteiger partial charge >= 0.3 is 6.09 Å². The minimum Gasteiger partial charge on any atom is -0.493 e. The van der Waals surface area contributed by atoms with E-state index in [1.54, 1.807) is 32.9 Å². The molecule has 1 unspecified atom stereocenters. The van der Waals surface area contributed by atoms with Crippen LogP contribution < -0.4 is 5.32 Å². The zero-order chi connectivity index (χ0) is 27.9. The summed E-state index contributed by atoms with van der Waals surface area (Å²) in [4.78, 5) is 39.4. The van der Waals surface area contributed by atoms with Crippen molar-refractivity contribution in [3.05, 3.63) is 59.6 Å². The number of carbonyl (C=O) groups is 2. The Morgan fingerprint density at radius 1 is 1.13 bits per heavy atom. The van der Waals surface area contributed by atoms with Crippen molar-refractivity contribution in [1.29, 1.82) is 0 Å². The van der Waals surface area contributed by atoms with Crippen LogP contribution in [0.3, 0.4) is 0 Å². The molecule has 11 heteroatoms. The molecule has 1 aliphatic carbocycles. The van der Waals surface area contributed by atoms with Crippen LogP contribution in [0.15, 0.2) is 36.5 Å². The molecule has 0 aromatic carbocycles. The molecule has 10 nitrogen and oxygen atoms in total. The first-order valence-corrected chi connectivity index (χ1v) is 12.9. The lowest BCUT2D eigenvalue weighted by atomic mass is 9.99. The number of amides is 1.